The number of carbonyl (C=O) groups excluding carboxylic acids is 3. The molecular formula is C32H23BrClN3O6. The molecule has 0 aliphatic heterocycles. The molecule has 1 amide bonds. The first-order valence-electron chi connectivity index (χ1n) is 12.8. The van der Waals surface area contributed by atoms with Gasteiger partial charge in [-0.05, 0) is 48.0 Å². The Balaban J connectivity index is 1.37. The highest BCUT2D eigenvalue weighted by Crippen LogP contribution is 2.37. The number of nitrogens with one attached hydrogen (secondary N) is 2. The van der Waals surface area contributed by atoms with Crippen LogP contribution in [0.25, 0.3) is 22.0 Å². The van der Waals surface area contributed by atoms with Gasteiger partial charge >= 0.3 is 11.9 Å². The molecule has 5 aromatic rings. The molecule has 4 aromatic carbocycles. The van der Waals surface area contributed by atoms with Crippen molar-refractivity contribution < 1.29 is 28.6 Å². The van der Waals surface area contributed by atoms with Crippen molar-refractivity contribution in [3.05, 3.63) is 111 Å². The van der Waals surface area contributed by atoms with Gasteiger partial charge < -0.3 is 19.2 Å². The number of carbonyl (C=O) groups is 3. The first-order chi connectivity index (χ1) is 20.7. The van der Waals surface area contributed by atoms with Gasteiger partial charge in [-0.3, -0.25) is 9.59 Å². The van der Waals surface area contributed by atoms with E-state index in [1.165, 1.54) is 38.4 Å². The number of methoxy groups -OCH3 is 1. The number of esters is 2. The summed E-state index contributed by atoms with van der Waals surface area (Å²) in [6, 6.07) is 24.1. The molecule has 1 heterocycles. The van der Waals surface area contributed by atoms with E-state index >= 15 is 0 Å². The van der Waals surface area contributed by atoms with Crippen LogP contribution < -0.4 is 19.6 Å². The monoisotopic (exact) mass is 659 g/mol. The molecule has 0 radical (unpaired) electrons. The molecule has 0 spiro atoms. The molecule has 0 atom stereocenters. The Morgan fingerprint density at radius 1 is 0.907 bits per heavy atom. The second-order valence-corrected chi connectivity index (χ2v) is 10.5. The molecule has 0 saturated carbocycles. The average molecular weight is 661 g/mol. The summed E-state index contributed by atoms with van der Waals surface area (Å²) in [5.41, 5.74) is 5.56. The lowest BCUT2D eigenvalue weighted by Gasteiger charge is -2.11. The fraction of sp³-hybridized carbons (Fsp3) is 0.0625. The predicted octanol–water partition coefficient (Wildman–Crippen LogP) is 7.17. The molecule has 216 valence electrons. The molecule has 11 heteroatoms. The summed E-state index contributed by atoms with van der Waals surface area (Å²) in [5, 5.41) is 5.35. The Kier molecular flexibility index (Phi) is 8.89. The highest BCUT2D eigenvalue weighted by Gasteiger charge is 2.21. The van der Waals surface area contributed by atoms with Crippen molar-refractivity contribution in [2.24, 2.45) is 5.10 Å². The van der Waals surface area contributed by atoms with Crippen LogP contribution >= 0.6 is 27.5 Å². The van der Waals surface area contributed by atoms with Crippen molar-refractivity contribution in [1.29, 1.82) is 0 Å². The molecule has 1 aromatic heterocycles. The minimum Gasteiger partial charge on any atom is -0.493 e. The summed E-state index contributed by atoms with van der Waals surface area (Å²) in [6.07, 6.45) is 1.37. The van der Waals surface area contributed by atoms with Gasteiger partial charge in [0.15, 0.2) is 11.5 Å². The van der Waals surface area contributed by atoms with Crippen LogP contribution in [0.3, 0.4) is 0 Å². The Morgan fingerprint density at radius 2 is 1.65 bits per heavy atom. The summed E-state index contributed by atoms with van der Waals surface area (Å²) in [5.74, 6) is -1.11. The zero-order chi connectivity index (χ0) is 30.5. The van der Waals surface area contributed by atoms with E-state index in [0.29, 0.717) is 21.7 Å². The summed E-state index contributed by atoms with van der Waals surface area (Å²) in [7, 11) is 1.39. The molecule has 43 heavy (non-hydrogen) atoms. The number of aromatic nitrogens is 1. The average Bonchev–Trinajstić information content (AvgIpc) is 3.38. The van der Waals surface area contributed by atoms with Gasteiger partial charge in [0.05, 0.1) is 29.4 Å². The van der Waals surface area contributed by atoms with Crippen molar-refractivity contribution in [1.82, 2.24) is 10.4 Å². The third kappa shape index (κ3) is 6.61. The fourth-order valence-corrected chi connectivity index (χ4v) is 5.24. The van der Waals surface area contributed by atoms with Crippen LogP contribution in [0.5, 0.6) is 17.2 Å². The molecule has 5 rings (SSSR count). The van der Waals surface area contributed by atoms with Crippen LogP contribution in [0.15, 0.2) is 94.5 Å². The number of halogens is 2. The normalized spacial score (nSPS) is 11.0. The number of nitrogens with zero attached hydrogens (tertiary/aromatic N) is 1. The van der Waals surface area contributed by atoms with Gasteiger partial charge in [-0.25, -0.2) is 10.2 Å². The van der Waals surface area contributed by atoms with Crippen LogP contribution in [0.1, 0.15) is 33.3 Å². The molecule has 0 saturated heterocycles. The molecular weight excluding hydrogens is 638 g/mol. The Morgan fingerprint density at radius 3 is 2.40 bits per heavy atom. The number of rotatable bonds is 8. The smallest absolute Gasteiger partial charge is 0.343 e. The third-order valence-corrected chi connectivity index (χ3v) is 7.01. The second kappa shape index (κ2) is 12.9. The fourth-order valence-electron chi connectivity index (χ4n) is 4.38. The largest absolute Gasteiger partial charge is 0.493 e. The molecule has 0 fully saturated rings. The van der Waals surface area contributed by atoms with E-state index in [9.17, 15) is 14.4 Å². The first-order valence-corrected chi connectivity index (χ1v) is 14.0. The van der Waals surface area contributed by atoms with Crippen molar-refractivity contribution >= 4 is 62.5 Å². The Labute approximate surface area is 259 Å². The molecule has 2 N–H and O–H groups in total. The van der Waals surface area contributed by atoms with Crippen molar-refractivity contribution in [3.8, 4) is 28.4 Å². The summed E-state index contributed by atoms with van der Waals surface area (Å²) in [6.45, 7) is 1.26. The number of aromatic amines is 1. The van der Waals surface area contributed by atoms with E-state index in [4.69, 9.17) is 25.8 Å². The highest BCUT2D eigenvalue weighted by molar-refractivity contribution is 9.10. The topological polar surface area (TPSA) is 119 Å². The summed E-state index contributed by atoms with van der Waals surface area (Å²) in [4.78, 5) is 40.7. The molecule has 0 aliphatic carbocycles. The summed E-state index contributed by atoms with van der Waals surface area (Å²) < 4.78 is 16.7. The predicted molar refractivity (Wildman–Crippen MR) is 167 cm³/mol. The molecule has 0 aliphatic rings. The number of hydrogen-bond acceptors (Lipinski definition) is 7. The van der Waals surface area contributed by atoms with Gasteiger partial charge in [0, 0.05) is 27.9 Å². The van der Waals surface area contributed by atoms with Gasteiger partial charge in [0.1, 0.15) is 11.4 Å². The zero-order valence-corrected chi connectivity index (χ0v) is 25.2. The lowest BCUT2D eigenvalue weighted by Crippen LogP contribution is -2.19. The van der Waals surface area contributed by atoms with Crippen LogP contribution in [-0.4, -0.2) is 36.2 Å². The minimum absolute atomic E-state index is 0.172. The second-order valence-electron chi connectivity index (χ2n) is 9.14. The molecule has 9 nitrogen and oxygen atoms in total. The van der Waals surface area contributed by atoms with Gasteiger partial charge in [-0.2, -0.15) is 5.10 Å². The lowest BCUT2D eigenvalue weighted by molar-refractivity contribution is -0.132. The number of hydrazone groups is 1. The van der Waals surface area contributed by atoms with Crippen molar-refractivity contribution in [2.75, 3.05) is 7.11 Å². The number of hydrogen-bond donors (Lipinski definition) is 2. The summed E-state index contributed by atoms with van der Waals surface area (Å²) >= 11 is 9.96. The maximum atomic E-state index is 13.4. The van der Waals surface area contributed by atoms with E-state index in [0.717, 1.165) is 15.4 Å². The zero-order valence-electron chi connectivity index (χ0n) is 22.8. The Bertz CT molecular complexity index is 1890. The quantitative estimate of drug-likeness (QED) is 0.0789. The van der Waals surface area contributed by atoms with Crippen LogP contribution in [0, 0.1) is 0 Å². The number of benzene rings is 4. The van der Waals surface area contributed by atoms with Gasteiger partial charge in [-0.15, -0.1) is 0 Å². The number of H-pyrrole nitrogens is 1. The Hall–Kier alpha value is -4.93. The third-order valence-electron chi connectivity index (χ3n) is 6.26. The van der Waals surface area contributed by atoms with Gasteiger partial charge in [0.2, 0.25) is 0 Å². The molecule has 0 unspecified atom stereocenters. The number of ether oxygens (including phenoxy) is 3. The number of para-hydroxylation sites is 1. The van der Waals surface area contributed by atoms with E-state index < -0.39 is 17.8 Å². The van der Waals surface area contributed by atoms with Crippen molar-refractivity contribution in [2.45, 2.75) is 6.92 Å². The first kappa shape index (κ1) is 29.6. The van der Waals surface area contributed by atoms with E-state index in [-0.39, 0.29) is 28.5 Å². The highest BCUT2D eigenvalue weighted by atomic mass is 79.9. The van der Waals surface area contributed by atoms with E-state index in [1.54, 1.807) is 30.3 Å². The van der Waals surface area contributed by atoms with E-state index in [1.807, 2.05) is 36.4 Å². The molecule has 0 bridgehead atoms. The van der Waals surface area contributed by atoms with Crippen LogP contribution in [0.2, 0.25) is 5.02 Å². The van der Waals surface area contributed by atoms with Gasteiger partial charge in [0.25, 0.3) is 5.91 Å². The minimum atomic E-state index is -0.675. The van der Waals surface area contributed by atoms with E-state index in [2.05, 4.69) is 31.4 Å². The maximum absolute atomic E-state index is 13.4. The SMILES string of the molecule is COc1cc(C(=O)Oc2ccccc2C=NNC(=O)c2[nH]c3c(Cl)cc(Br)cc3c2-c2ccccc2)ccc1OC(C)=O. The lowest BCUT2D eigenvalue weighted by atomic mass is 10.0. The maximum Gasteiger partial charge on any atom is 0.343 e. The van der Waals surface area contributed by atoms with Gasteiger partial charge in [-0.1, -0.05) is 70.0 Å². The number of amides is 1. The number of fused-ring (bicyclic) bond motifs is 1. The van der Waals surface area contributed by atoms with Crippen molar-refractivity contribution in [3.63, 3.8) is 0 Å². The van der Waals surface area contributed by atoms with Crippen LogP contribution in [0.4, 0.5) is 0 Å². The van der Waals surface area contributed by atoms with Crippen LogP contribution in [-0.2, 0) is 4.79 Å². The standard InChI is InChI=1S/C32H23BrClN3O6/c1-18(38)42-26-13-12-20(14-27(26)41-2)32(40)43-25-11-7-6-10-21(25)17-35-37-31(39)30-28(19-8-4-3-5-9-19)23-15-22(33)16-24(34)29(23)36-30/h3-17,36H,1-2H3,(H,37,39).